The molecule has 0 aromatic heterocycles. The Balaban J connectivity index is 1.97. The van der Waals surface area contributed by atoms with Gasteiger partial charge in [-0.3, -0.25) is 0 Å². The quantitative estimate of drug-likeness (QED) is 0.843. The van der Waals surface area contributed by atoms with Crippen LogP contribution in [-0.4, -0.2) is 6.54 Å². The number of aryl methyl sites for hydroxylation is 1. The van der Waals surface area contributed by atoms with Gasteiger partial charge in [-0.1, -0.05) is 55.5 Å². The summed E-state index contributed by atoms with van der Waals surface area (Å²) in [5.74, 6) is 0.501. The molecule has 92 valence electrons. The van der Waals surface area contributed by atoms with Crippen molar-refractivity contribution in [3.05, 3.63) is 70.8 Å². The Bertz CT molecular complexity index is 528. The van der Waals surface area contributed by atoms with Gasteiger partial charge in [0, 0.05) is 19.0 Å². The summed E-state index contributed by atoms with van der Waals surface area (Å²) < 4.78 is 0. The van der Waals surface area contributed by atoms with Crippen molar-refractivity contribution in [2.24, 2.45) is 0 Å². The van der Waals surface area contributed by atoms with E-state index in [0.717, 1.165) is 19.5 Å². The molecule has 0 fully saturated rings. The Hall–Kier alpha value is -1.60. The second kappa shape index (κ2) is 4.95. The molecule has 1 nitrogen and oxygen atoms in total. The molecular formula is C17H19N. The zero-order valence-electron chi connectivity index (χ0n) is 10.8. The lowest BCUT2D eigenvalue weighted by molar-refractivity contribution is 0.591. The molecule has 1 unspecified atom stereocenters. The molecule has 2 aromatic carbocycles. The van der Waals surface area contributed by atoms with Crippen LogP contribution < -0.4 is 5.32 Å². The maximum absolute atomic E-state index is 3.52. The second-order valence-corrected chi connectivity index (χ2v) is 4.98. The van der Waals surface area contributed by atoms with Crippen molar-refractivity contribution in [1.82, 2.24) is 5.32 Å². The fourth-order valence-electron chi connectivity index (χ4n) is 2.78. The molecule has 1 heteroatoms. The summed E-state index contributed by atoms with van der Waals surface area (Å²) in [5, 5.41) is 3.52. The minimum absolute atomic E-state index is 0.501. The first-order valence-electron chi connectivity index (χ1n) is 6.76. The van der Waals surface area contributed by atoms with Gasteiger partial charge < -0.3 is 5.32 Å². The van der Waals surface area contributed by atoms with E-state index in [1.165, 1.54) is 22.3 Å². The molecule has 2 aromatic rings. The summed E-state index contributed by atoms with van der Waals surface area (Å²) in [6.07, 6.45) is 1.11. The summed E-state index contributed by atoms with van der Waals surface area (Å²) in [4.78, 5) is 0. The minimum Gasteiger partial charge on any atom is -0.312 e. The van der Waals surface area contributed by atoms with Crippen LogP contribution in [0.15, 0.2) is 48.5 Å². The third kappa shape index (κ3) is 2.06. The predicted molar refractivity (Wildman–Crippen MR) is 75.8 cm³/mol. The monoisotopic (exact) mass is 237 g/mol. The first-order chi connectivity index (χ1) is 8.88. The normalized spacial score (nSPS) is 18.4. The lowest BCUT2D eigenvalue weighted by Crippen LogP contribution is -2.28. The average Bonchev–Trinajstić information content (AvgIpc) is 2.47. The van der Waals surface area contributed by atoms with E-state index in [9.17, 15) is 0 Å². The predicted octanol–water partition coefficient (Wildman–Crippen LogP) is 3.48. The zero-order chi connectivity index (χ0) is 12.4. The smallest absolute Gasteiger partial charge is 0.0218 e. The van der Waals surface area contributed by atoms with Crippen molar-refractivity contribution < 1.29 is 0 Å². The zero-order valence-corrected chi connectivity index (χ0v) is 10.8. The Morgan fingerprint density at radius 2 is 1.83 bits per heavy atom. The van der Waals surface area contributed by atoms with E-state index in [-0.39, 0.29) is 0 Å². The van der Waals surface area contributed by atoms with Crippen LogP contribution in [0, 0.1) is 0 Å². The molecule has 0 aliphatic carbocycles. The number of benzene rings is 2. The second-order valence-electron chi connectivity index (χ2n) is 4.98. The molecule has 3 rings (SSSR count). The first kappa shape index (κ1) is 11.5. The van der Waals surface area contributed by atoms with E-state index in [1.54, 1.807) is 0 Å². The highest BCUT2D eigenvalue weighted by Gasteiger charge is 2.20. The van der Waals surface area contributed by atoms with Gasteiger partial charge in [-0.15, -0.1) is 0 Å². The molecule has 18 heavy (non-hydrogen) atoms. The Labute approximate surface area is 109 Å². The van der Waals surface area contributed by atoms with Crippen LogP contribution in [0.3, 0.4) is 0 Å². The van der Waals surface area contributed by atoms with Crippen molar-refractivity contribution in [2.45, 2.75) is 25.8 Å². The van der Waals surface area contributed by atoms with Gasteiger partial charge in [0.05, 0.1) is 0 Å². The van der Waals surface area contributed by atoms with Crippen LogP contribution in [0.2, 0.25) is 0 Å². The lowest BCUT2D eigenvalue weighted by atomic mass is 9.85. The Morgan fingerprint density at radius 1 is 1.06 bits per heavy atom. The molecule has 0 amide bonds. The van der Waals surface area contributed by atoms with E-state index in [4.69, 9.17) is 0 Å². The lowest BCUT2D eigenvalue weighted by Gasteiger charge is -2.26. The van der Waals surface area contributed by atoms with Crippen LogP contribution in [0.4, 0.5) is 0 Å². The molecule has 0 radical (unpaired) electrons. The van der Waals surface area contributed by atoms with Gasteiger partial charge in [-0.25, -0.2) is 0 Å². The standard InChI is InChI=1S/C17H19N/c1-2-13-7-9-14(10-8-13)17-12-18-11-15-5-3-4-6-16(15)17/h3-10,17-18H,2,11-12H2,1H3. The van der Waals surface area contributed by atoms with Crippen molar-refractivity contribution >= 4 is 0 Å². The summed E-state index contributed by atoms with van der Waals surface area (Å²) in [7, 11) is 0. The summed E-state index contributed by atoms with van der Waals surface area (Å²) >= 11 is 0. The van der Waals surface area contributed by atoms with E-state index in [2.05, 4.69) is 60.8 Å². The van der Waals surface area contributed by atoms with Crippen LogP contribution >= 0.6 is 0 Å². The molecule has 0 bridgehead atoms. The van der Waals surface area contributed by atoms with Gasteiger partial charge in [0.15, 0.2) is 0 Å². The van der Waals surface area contributed by atoms with Crippen molar-refractivity contribution in [3.63, 3.8) is 0 Å². The highest BCUT2D eigenvalue weighted by Crippen LogP contribution is 2.29. The number of hydrogen-bond acceptors (Lipinski definition) is 1. The number of nitrogens with one attached hydrogen (secondary N) is 1. The topological polar surface area (TPSA) is 12.0 Å². The molecule has 1 heterocycles. The van der Waals surface area contributed by atoms with E-state index >= 15 is 0 Å². The molecule has 0 saturated heterocycles. The molecule has 1 N–H and O–H groups in total. The maximum Gasteiger partial charge on any atom is 0.0218 e. The molecule has 0 saturated carbocycles. The van der Waals surface area contributed by atoms with Crippen LogP contribution in [-0.2, 0) is 13.0 Å². The number of hydrogen-bond donors (Lipinski definition) is 1. The fourth-order valence-corrected chi connectivity index (χ4v) is 2.78. The van der Waals surface area contributed by atoms with Crippen LogP contribution in [0.1, 0.15) is 35.1 Å². The van der Waals surface area contributed by atoms with E-state index < -0.39 is 0 Å². The third-order valence-electron chi connectivity index (χ3n) is 3.88. The molecule has 0 spiro atoms. The number of rotatable bonds is 2. The molecular weight excluding hydrogens is 218 g/mol. The highest BCUT2D eigenvalue weighted by molar-refractivity contribution is 5.40. The SMILES string of the molecule is CCc1ccc(C2CNCc3ccccc32)cc1. The Morgan fingerprint density at radius 3 is 2.61 bits per heavy atom. The molecule has 1 aliphatic heterocycles. The van der Waals surface area contributed by atoms with Crippen molar-refractivity contribution in [2.75, 3.05) is 6.54 Å². The van der Waals surface area contributed by atoms with Gasteiger partial charge in [-0.05, 0) is 28.7 Å². The van der Waals surface area contributed by atoms with Gasteiger partial charge in [0.1, 0.15) is 0 Å². The summed E-state index contributed by atoms with van der Waals surface area (Å²) in [5.41, 5.74) is 5.76. The van der Waals surface area contributed by atoms with E-state index in [0.29, 0.717) is 5.92 Å². The number of fused-ring (bicyclic) bond motifs is 1. The average molecular weight is 237 g/mol. The van der Waals surface area contributed by atoms with Gasteiger partial charge >= 0.3 is 0 Å². The third-order valence-corrected chi connectivity index (χ3v) is 3.88. The van der Waals surface area contributed by atoms with Gasteiger partial charge in [0.2, 0.25) is 0 Å². The van der Waals surface area contributed by atoms with Crippen LogP contribution in [0.25, 0.3) is 0 Å². The van der Waals surface area contributed by atoms with Crippen molar-refractivity contribution in [3.8, 4) is 0 Å². The first-order valence-corrected chi connectivity index (χ1v) is 6.76. The summed E-state index contributed by atoms with van der Waals surface area (Å²) in [6, 6.07) is 17.9. The molecule has 1 aliphatic rings. The fraction of sp³-hybridized carbons (Fsp3) is 0.294. The largest absolute Gasteiger partial charge is 0.312 e. The van der Waals surface area contributed by atoms with E-state index in [1.807, 2.05) is 0 Å². The van der Waals surface area contributed by atoms with Gasteiger partial charge in [0.25, 0.3) is 0 Å². The maximum atomic E-state index is 3.52. The Kier molecular flexibility index (Phi) is 3.16. The highest BCUT2D eigenvalue weighted by atomic mass is 14.9. The van der Waals surface area contributed by atoms with Crippen molar-refractivity contribution in [1.29, 1.82) is 0 Å². The van der Waals surface area contributed by atoms with Crippen LogP contribution in [0.5, 0.6) is 0 Å². The minimum atomic E-state index is 0.501. The molecule has 1 atom stereocenters. The van der Waals surface area contributed by atoms with Gasteiger partial charge in [-0.2, -0.15) is 0 Å². The summed E-state index contributed by atoms with van der Waals surface area (Å²) in [6.45, 7) is 4.24.